The second-order valence-electron chi connectivity index (χ2n) is 4.95. The smallest absolute Gasteiger partial charge is 0.236 e. The van der Waals surface area contributed by atoms with Crippen LogP contribution in [-0.2, 0) is 14.8 Å². The molecule has 104 valence electrons. The number of hydrogen-bond acceptors (Lipinski definition) is 4. The van der Waals surface area contributed by atoms with E-state index in [1.165, 1.54) is 17.4 Å². The molecule has 0 unspecified atom stereocenters. The molecule has 0 aromatic rings. The predicted octanol–water partition coefficient (Wildman–Crippen LogP) is 1.04. The lowest BCUT2D eigenvalue weighted by Gasteiger charge is -2.28. The highest BCUT2D eigenvalue weighted by Crippen LogP contribution is 2.27. The molecule has 0 aliphatic heterocycles. The molecule has 0 aromatic carbocycles. The summed E-state index contributed by atoms with van der Waals surface area (Å²) in [5, 5.41) is 0. The van der Waals surface area contributed by atoms with Gasteiger partial charge in [-0.3, -0.25) is 9.10 Å². The van der Waals surface area contributed by atoms with Crippen LogP contribution in [0.25, 0.3) is 0 Å². The molecule has 6 heteroatoms. The van der Waals surface area contributed by atoms with E-state index in [2.05, 4.69) is 0 Å². The summed E-state index contributed by atoms with van der Waals surface area (Å²) in [6.07, 6.45) is 6.09. The van der Waals surface area contributed by atoms with E-state index in [-0.39, 0.29) is 11.7 Å². The monoisotopic (exact) mass is 274 g/mol. The van der Waals surface area contributed by atoms with Crippen LogP contribution in [0.5, 0.6) is 0 Å². The van der Waals surface area contributed by atoms with E-state index in [9.17, 15) is 13.2 Å². The summed E-state index contributed by atoms with van der Waals surface area (Å²) in [5.41, 5.74) is 0. The quantitative estimate of drug-likeness (QED) is 0.536. The van der Waals surface area contributed by atoms with Crippen LogP contribution in [0.1, 0.15) is 25.7 Å². The molecule has 1 rings (SSSR count). The van der Waals surface area contributed by atoms with Crippen molar-refractivity contribution < 1.29 is 13.2 Å². The predicted molar refractivity (Wildman–Crippen MR) is 71.3 cm³/mol. The van der Waals surface area contributed by atoms with Gasteiger partial charge >= 0.3 is 0 Å². The first kappa shape index (κ1) is 15.0. The van der Waals surface area contributed by atoms with Gasteiger partial charge in [0.15, 0.2) is 0 Å². The van der Waals surface area contributed by atoms with Crippen molar-refractivity contribution in [1.29, 1.82) is 0 Å². The fourth-order valence-electron chi connectivity index (χ4n) is 2.33. The number of aldehydes is 1. The van der Waals surface area contributed by atoms with Crippen LogP contribution in [0, 0.1) is 5.92 Å². The Kier molecular flexibility index (Phi) is 5.19. The van der Waals surface area contributed by atoms with Crippen molar-refractivity contribution in [3.05, 3.63) is 11.9 Å². The zero-order valence-corrected chi connectivity index (χ0v) is 12.1. The average molecular weight is 274 g/mol. The Bertz CT molecular complexity index is 409. The molecule has 0 heterocycles. The Morgan fingerprint density at radius 1 is 1.22 bits per heavy atom. The maximum Gasteiger partial charge on any atom is 0.236 e. The lowest BCUT2D eigenvalue weighted by atomic mass is 10.1. The minimum absolute atomic E-state index is 0.174. The molecule has 1 saturated carbocycles. The van der Waals surface area contributed by atoms with Gasteiger partial charge in [-0.05, 0) is 18.8 Å². The van der Waals surface area contributed by atoms with Gasteiger partial charge < -0.3 is 4.90 Å². The van der Waals surface area contributed by atoms with E-state index in [1.54, 1.807) is 19.0 Å². The lowest BCUT2D eigenvalue weighted by Crippen LogP contribution is -2.36. The van der Waals surface area contributed by atoms with Crippen molar-refractivity contribution in [2.75, 3.05) is 26.9 Å². The van der Waals surface area contributed by atoms with Gasteiger partial charge in [-0.2, -0.15) is 0 Å². The Morgan fingerprint density at radius 3 is 2.22 bits per heavy atom. The maximum absolute atomic E-state index is 12.2. The summed E-state index contributed by atoms with van der Waals surface area (Å²) >= 11 is 0. The number of nitrogens with zero attached hydrogens (tertiary/aromatic N) is 2. The summed E-state index contributed by atoms with van der Waals surface area (Å²) in [7, 11) is 1.59. The third-order valence-corrected chi connectivity index (χ3v) is 5.25. The summed E-state index contributed by atoms with van der Waals surface area (Å²) < 4.78 is 25.7. The Hall–Kier alpha value is -1.04. The highest BCUT2D eigenvalue weighted by Gasteiger charge is 2.27. The Morgan fingerprint density at radius 2 is 1.78 bits per heavy atom. The molecule has 0 bridgehead atoms. The minimum Gasteiger partial charge on any atom is -0.364 e. The van der Waals surface area contributed by atoms with Crippen LogP contribution < -0.4 is 0 Å². The number of sulfonamides is 1. The zero-order chi connectivity index (χ0) is 13.8. The van der Waals surface area contributed by atoms with Crippen molar-refractivity contribution in [1.82, 2.24) is 9.21 Å². The van der Waals surface area contributed by atoms with Gasteiger partial charge in [0, 0.05) is 27.2 Å². The van der Waals surface area contributed by atoms with Gasteiger partial charge in [0.2, 0.25) is 10.0 Å². The van der Waals surface area contributed by atoms with E-state index in [4.69, 9.17) is 0 Å². The molecular weight excluding hydrogens is 252 g/mol. The van der Waals surface area contributed by atoms with E-state index in [0.29, 0.717) is 12.1 Å². The molecule has 5 nitrogen and oxygen atoms in total. The largest absolute Gasteiger partial charge is 0.364 e. The summed E-state index contributed by atoms with van der Waals surface area (Å²) in [6.45, 7) is 0. The maximum atomic E-state index is 12.2. The normalized spacial score (nSPS) is 17.8. The highest BCUT2D eigenvalue weighted by molar-refractivity contribution is 7.89. The summed E-state index contributed by atoms with van der Waals surface area (Å²) in [6, 6.07) is 0. The molecule has 0 saturated heterocycles. The van der Waals surface area contributed by atoms with Crippen molar-refractivity contribution >= 4 is 16.3 Å². The van der Waals surface area contributed by atoms with Crippen molar-refractivity contribution in [2.24, 2.45) is 5.92 Å². The first-order valence-corrected chi connectivity index (χ1v) is 7.79. The van der Waals surface area contributed by atoms with E-state index < -0.39 is 10.0 Å². The van der Waals surface area contributed by atoms with Gasteiger partial charge in [-0.1, -0.05) is 12.8 Å². The summed E-state index contributed by atoms with van der Waals surface area (Å²) in [4.78, 5) is 12.2. The van der Waals surface area contributed by atoms with Crippen LogP contribution in [0.2, 0.25) is 0 Å². The van der Waals surface area contributed by atoms with E-state index in [1.807, 2.05) is 0 Å². The van der Waals surface area contributed by atoms with Crippen molar-refractivity contribution in [3.63, 3.8) is 0 Å². The molecule has 0 N–H and O–H groups in total. The molecule has 1 aliphatic rings. The molecule has 1 aliphatic carbocycles. The molecule has 0 amide bonds. The molecule has 0 spiro atoms. The fourth-order valence-corrected chi connectivity index (χ4v) is 3.99. The summed E-state index contributed by atoms with van der Waals surface area (Å²) in [5.74, 6) is 0.827. The molecule has 1 fully saturated rings. The minimum atomic E-state index is -3.35. The third-order valence-electron chi connectivity index (χ3n) is 3.34. The van der Waals surface area contributed by atoms with Gasteiger partial charge in [-0.25, -0.2) is 8.42 Å². The van der Waals surface area contributed by atoms with Gasteiger partial charge in [-0.15, -0.1) is 0 Å². The number of rotatable bonds is 6. The van der Waals surface area contributed by atoms with E-state index >= 15 is 0 Å². The van der Waals surface area contributed by atoms with Gasteiger partial charge in [0.05, 0.1) is 5.75 Å². The second-order valence-corrected chi connectivity index (χ2v) is 7.00. The standard InChI is InChI=1S/C12H22N2O3S/c1-13(2)12(8-9-15)14(3)18(16,17)10-11-6-4-5-7-11/h8-9,11H,4-7,10H2,1-3H3. The fraction of sp³-hybridized carbons (Fsp3) is 0.750. The number of carbonyl (C=O) groups excluding carboxylic acids is 1. The first-order chi connectivity index (χ1) is 8.38. The molecule has 0 atom stereocenters. The molecule has 0 aromatic heterocycles. The van der Waals surface area contributed by atoms with Gasteiger partial charge in [0.25, 0.3) is 0 Å². The van der Waals surface area contributed by atoms with Crippen molar-refractivity contribution in [3.8, 4) is 0 Å². The van der Waals surface area contributed by atoms with Crippen LogP contribution in [0.15, 0.2) is 11.9 Å². The van der Waals surface area contributed by atoms with Gasteiger partial charge in [0.1, 0.15) is 12.1 Å². The lowest BCUT2D eigenvalue weighted by molar-refractivity contribution is -0.104. The number of allylic oxidation sites excluding steroid dienone is 1. The number of carbonyl (C=O) groups is 1. The number of hydrogen-bond donors (Lipinski definition) is 0. The Labute approximate surface area is 110 Å². The highest BCUT2D eigenvalue weighted by atomic mass is 32.2. The molecule has 18 heavy (non-hydrogen) atoms. The third kappa shape index (κ3) is 3.73. The van der Waals surface area contributed by atoms with Crippen LogP contribution in [0.4, 0.5) is 0 Å². The van der Waals surface area contributed by atoms with Crippen LogP contribution in [0.3, 0.4) is 0 Å². The topological polar surface area (TPSA) is 57.7 Å². The van der Waals surface area contributed by atoms with Crippen LogP contribution >= 0.6 is 0 Å². The SMILES string of the molecule is CN(C)C(=CC=O)N(C)S(=O)(=O)CC1CCCC1. The Balaban J connectivity index is 2.82. The van der Waals surface area contributed by atoms with Crippen molar-refractivity contribution in [2.45, 2.75) is 25.7 Å². The first-order valence-electron chi connectivity index (χ1n) is 6.18. The van der Waals surface area contributed by atoms with Crippen LogP contribution in [-0.4, -0.2) is 50.8 Å². The average Bonchev–Trinajstić information content (AvgIpc) is 2.76. The molecule has 0 radical (unpaired) electrons. The van der Waals surface area contributed by atoms with E-state index in [0.717, 1.165) is 25.7 Å². The zero-order valence-electron chi connectivity index (χ0n) is 11.3. The molecular formula is C12H22N2O3S. The second kappa shape index (κ2) is 6.22.